The van der Waals surface area contributed by atoms with Crippen LogP contribution < -0.4 is 14.8 Å². The molecule has 2 fully saturated rings. The molecule has 1 unspecified atom stereocenters. The lowest BCUT2D eigenvalue weighted by atomic mass is 9.92. The fourth-order valence-electron chi connectivity index (χ4n) is 3.06. The summed E-state index contributed by atoms with van der Waals surface area (Å²) in [6, 6.07) is 4.00. The second kappa shape index (κ2) is 6.89. The summed E-state index contributed by atoms with van der Waals surface area (Å²) >= 11 is 6.43. The zero-order valence-corrected chi connectivity index (χ0v) is 13.4. The molecule has 1 heterocycles. The normalized spacial score (nSPS) is 22.7. The third-order valence-electron chi connectivity index (χ3n) is 4.59. The van der Waals surface area contributed by atoms with Crippen LogP contribution in [0.25, 0.3) is 0 Å². The van der Waals surface area contributed by atoms with Crippen LogP contribution in [0.3, 0.4) is 0 Å². The van der Waals surface area contributed by atoms with Crippen LogP contribution in [0.2, 0.25) is 5.02 Å². The molecule has 0 radical (unpaired) electrons. The van der Waals surface area contributed by atoms with Gasteiger partial charge >= 0.3 is 0 Å². The number of piperidine rings is 1. The lowest BCUT2D eigenvalue weighted by Gasteiger charge is -2.28. The third kappa shape index (κ3) is 3.64. The molecule has 0 aromatic heterocycles. The van der Waals surface area contributed by atoms with Crippen molar-refractivity contribution in [2.75, 3.05) is 20.2 Å². The lowest BCUT2D eigenvalue weighted by Crippen LogP contribution is -2.31. The monoisotopic (exact) mass is 309 g/mol. The molecule has 3 rings (SSSR count). The Kier molecular flexibility index (Phi) is 4.91. The highest BCUT2D eigenvalue weighted by atomic mass is 35.5. The summed E-state index contributed by atoms with van der Waals surface area (Å²) in [6.45, 7) is 2.23. The highest BCUT2D eigenvalue weighted by Crippen LogP contribution is 2.37. The molecule has 0 spiro atoms. The molecule has 1 atom stereocenters. The fourth-order valence-corrected chi connectivity index (χ4v) is 3.29. The number of halogens is 1. The topological polar surface area (TPSA) is 30.5 Å². The summed E-state index contributed by atoms with van der Waals surface area (Å²) in [6.07, 6.45) is 7.45. The van der Waals surface area contributed by atoms with Crippen molar-refractivity contribution < 1.29 is 9.47 Å². The van der Waals surface area contributed by atoms with Gasteiger partial charge in [0, 0.05) is 11.1 Å². The first-order valence-electron chi connectivity index (χ1n) is 8.00. The van der Waals surface area contributed by atoms with E-state index in [1.54, 1.807) is 7.11 Å². The minimum atomic E-state index is 0.351. The molecular formula is C17H24ClNO2. The Morgan fingerprint density at radius 3 is 2.67 bits per heavy atom. The second-order valence-electron chi connectivity index (χ2n) is 6.18. The molecule has 4 heteroatoms. The zero-order valence-electron chi connectivity index (χ0n) is 12.7. The number of ether oxygens (including phenoxy) is 2. The molecule has 2 aliphatic rings. The highest BCUT2D eigenvalue weighted by Gasteiger charge is 2.22. The van der Waals surface area contributed by atoms with Crippen LogP contribution in [0.1, 0.15) is 37.7 Å². The van der Waals surface area contributed by atoms with Gasteiger partial charge in [0.15, 0.2) is 11.5 Å². The average molecular weight is 310 g/mol. The SMILES string of the molecule is COc1cc(Cl)c(CC2CCCNC2)cc1OC1CCC1. The first kappa shape index (κ1) is 15.0. The number of methoxy groups -OCH3 is 1. The Hall–Kier alpha value is -0.930. The van der Waals surface area contributed by atoms with Gasteiger partial charge in [0.05, 0.1) is 13.2 Å². The predicted octanol–water partition coefficient (Wildman–Crippen LogP) is 3.82. The summed E-state index contributed by atoms with van der Waals surface area (Å²) in [4.78, 5) is 0. The van der Waals surface area contributed by atoms with Gasteiger partial charge in [-0.05, 0) is 69.2 Å². The van der Waals surface area contributed by atoms with Crippen LogP contribution in [0.5, 0.6) is 11.5 Å². The summed E-state index contributed by atoms with van der Waals surface area (Å²) < 4.78 is 11.5. The van der Waals surface area contributed by atoms with Gasteiger partial charge in [0.1, 0.15) is 0 Å². The van der Waals surface area contributed by atoms with Gasteiger partial charge in [0.25, 0.3) is 0 Å². The number of hydrogen-bond acceptors (Lipinski definition) is 3. The number of nitrogens with one attached hydrogen (secondary N) is 1. The first-order valence-corrected chi connectivity index (χ1v) is 8.38. The van der Waals surface area contributed by atoms with Gasteiger partial charge in [-0.1, -0.05) is 11.6 Å². The van der Waals surface area contributed by atoms with Gasteiger partial charge in [0.2, 0.25) is 0 Å². The molecule has 21 heavy (non-hydrogen) atoms. The summed E-state index contributed by atoms with van der Waals surface area (Å²) in [5.41, 5.74) is 1.18. The lowest BCUT2D eigenvalue weighted by molar-refractivity contribution is 0.116. The minimum absolute atomic E-state index is 0.351. The molecule has 116 valence electrons. The van der Waals surface area contributed by atoms with E-state index in [0.717, 1.165) is 48.9 Å². The van der Waals surface area contributed by atoms with Gasteiger partial charge in [-0.3, -0.25) is 0 Å². The molecule has 3 nitrogen and oxygen atoms in total. The molecule has 1 saturated carbocycles. The van der Waals surface area contributed by atoms with Gasteiger partial charge in [-0.25, -0.2) is 0 Å². The van der Waals surface area contributed by atoms with E-state index >= 15 is 0 Å². The molecule has 1 N–H and O–H groups in total. The van der Waals surface area contributed by atoms with Gasteiger partial charge in [-0.15, -0.1) is 0 Å². The quantitative estimate of drug-likeness (QED) is 0.897. The summed E-state index contributed by atoms with van der Waals surface area (Å²) in [5, 5.41) is 4.25. The van der Waals surface area contributed by atoms with Crippen molar-refractivity contribution >= 4 is 11.6 Å². The van der Waals surface area contributed by atoms with E-state index in [1.165, 1.54) is 24.8 Å². The van der Waals surface area contributed by atoms with Crippen molar-refractivity contribution in [1.82, 2.24) is 5.32 Å². The second-order valence-corrected chi connectivity index (χ2v) is 6.59. The largest absolute Gasteiger partial charge is 0.493 e. The number of benzene rings is 1. The molecule has 1 aromatic carbocycles. The standard InChI is InChI=1S/C17H24ClNO2/c1-20-16-10-15(18)13(8-12-4-3-7-19-11-12)9-17(16)21-14-5-2-6-14/h9-10,12,14,19H,2-8,11H2,1H3. The van der Waals surface area contributed by atoms with E-state index in [0.29, 0.717) is 12.0 Å². The zero-order chi connectivity index (χ0) is 14.7. The van der Waals surface area contributed by atoms with Gasteiger partial charge in [-0.2, -0.15) is 0 Å². The molecule has 1 aliphatic carbocycles. The molecule has 0 amide bonds. The van der Waals surface area contributed by atoms with Crippen molar-refractivity contribution in [1.29, 1.82) is 0 Å². The maximum Gasteiger partial charge on any atom is 0.162 e. The van der Waals surface area contributed by atoms with Crippen molar-refractivity contribution in [2.24, 2.45) is 5.92 Å². The smallest absolute Gasteiger partial charge is 0.162 e. The van der Waals surface area contributed by atoms with E-state index in [4.69, 9.17) is 21.1 Å². The fraction of sp³-hybridized carbons (Fsp3) is 0.647. The molecular weight excluding hydrogens is 286 g/mol. The van der Waals surface area contributed by atoms with Crippen LogP contribution >= 0.6 is 11.6 Å². The van der Waals surface area contributed by atoms with Crippen LogP contribution in [0.4, 0.5) is 0 Å². The molecule has 0 bridgehead atoms. The Bertz CT molecular complexity index is 482. The maximum atomic E-state index is 6.43. The van der Waals surface area contributed by atoms with Crippen molar-refractivity contribution in [3.8, 4) is 11.5 Å². The average Bonchev–Trinajstić information content (AvgIpc) is 2.46. The Balaban J connectivity index is 1.76. The summed E-state index contributed by atoms with van der Waals surface area (Å²) in [7, 11) is 1.67. The highest BCUT2D eigenvalue weighted by molar-refractivity contribution is 6.31. The van der Waals surface area contributed by atoms with E-state index in [1.807, 2.05) is 6.07 Å². The first-order chi connectivity index (χ1) is 10.3. The van der Waals surface area contributed by atoms with E-state index in [9.17, 15) is 0 Å². The van der Waals surface area contributed by atoms with Crippen molar-refractivity contribution in [3.05, 3.63) is 22.7 Å². The van der Waals surface area contributed by atoms with E-state index in [-0.39, 0.29) is 0 Å². The minimum Gasteiger partial charge on any atom is -0.493 e. The molecule has 1 aliphatic heterocycles. The Morgan fingerprint density at radius 2 is 2.05 bits per heavy atom. The number of rotatable bonds is 5. The predicted molar refractivity (Wildman–Crippen MR) is 85.6 cm³/mol. The third-order valence-corrected chi connectivity index (χ3v) is 4.94. The van der Waals surface area contributed by atoms with Gasteiger partial charge < -0.3 is 14.8 Å². The van der Waals surface area contributed by atoms with Crippen LogP contribution in [0, 0.1) is 5.92 Å². The van der Waals surface area contributed by atoms with Crippen LogP contribution in [-0.2, 0) is 6.42 Å². The van der Waals surface area contributed by atoms with Crippen LogP contribution in [0.15, 0.2) is 12.1 Å². The van der Waals surface area contributed by atoms with Crippen LogP contribution in [-0.4, -0.2) is 26.3 Å². The van der Waals surface area contributed by atoms with E-state index in [2.05, 4.69) is 11.4 Å². The Morgan fingerprint density at radius 1 is 1.19 bits per heavy atom. The van der Waals surface area contributed by atoms with Crippen molar-refractivity contribution in [3.63, 3.8) is 0 Å². The summed E-state index contributed by atoms with van der Waals surface area (Å²) in [5.74, 6) is 2.27. The Labute approximate surface area is 132 Å². The van der Waals surface area contributed by atoms with E-state index < -0.39 is 0 Å². The molecule has 1 aromatic rings. The maximum absolute atomic E-state index is 6.43. The number of hydrogen-bond donors (Lipinski definition) is 1. The molecule has 1 saturated heterocycles. The van der Waals surface area contributed by atoms with Crippen molar-refractivity contribution in [2.45, 2.75) is 44.6 Å².